The number of amides is 1. The third kappa shape index (κ3) is 6.06. The Kier molecular flexibility index (Phi) is 7.40. The van der Waals surface area contributed by atoms with Gasteiger partial charge in [-0.3, -0.25) is 9.52 Å². The van der Waals surface area contributed by atoms with Gasteiger partial charge in [-0.2, -0.15) is 0 Å². The molecule has 1 saturated heterocycles. The van der Waals surface area contributed by atoms with Crippen molar-refractivity contribution in [1.29, 1.82) is 0 Å². The first-order valence-corrected chi connectivity index (χ1v) is 8.59. The molecule has 0 spiro atoms. The van der Waals surface area contributed by atoms with E-state index in [-0.39, 0.29) is 19.4 Å². The molecule has 0 aromatic rings. The van der Waals surface area contributed by atoms with Crippen LogP contribution in [0.3, 0.4) is 0 Å². The normalized spacial score (nSPS) is 31.3. The van der Waals surface area contributed by atoms with Crippen LogP contribution in [0.15, 0.2) is 0 Å². The maximum atomic E-state index is 11.6. The summed E-state index contributed by atoms with van der Waals surface area (Å²) in [7, 11) is -3.88. The highest BCUT2D eigenvalue weighted by molar-refractivity contribution is 7.90. The molecule has 0 aromatic carbocycles. The molecule has 1 aliphatic heterocycles. The minimum atomic E-state index is -3.88. The van der Waals surface area contributed by atoms with Crippen molar-refractivity contribution in [2.75, 3.05) is 12.4 Å². The van der Waals surface area contributed by atoms with Crippen LogP contribution in [-0.4, -0.2) is 72.7 Å². The lowest BCUT2D eigenvalue weighted by atomic mass is 9.97. The predicted molar refractivity (Wildman–Crippen MR) is 78.3 cm³/mol. The number of hydrogen-bond acceptors (Lipinski definition) is 8. The van der Waals surface area contributed by atoms with Crippen LogP contribution in [0, 0.1) is 12.3 Å². The number of carbonyl (C=O) groups excluding carboxylic acids is 1. The topological polar surface area (TPSA) is 142 Å². The molecule has 23 heavy (non-hydrogen) atoms. The van der Waals surface area contributed by atoms with Gasteiger partial charge in [-0.25, -0.2) is 8.42 Å². The fourth-order valence-electron chi connectivity index (χ4n) is 2.07. The molecular weight excluding hydrogens is 330 g/mol. The predicted octanol–water partition coefficient (Wildman–Crippen LogP) is -2.31. The minimum Gasteiger partial charge on any atom is -0.388 e. The van der Waals surface area contributed by atoms with Gasteiger partial charge in [0.15, 0.2) is 6.29 Å². The summed E-state index contributed by atoms with van der Waals surface area (Å²) in [4.78, 5) is 10.8. The van der Waals surface area contributed by atoms with E-state index in [0.717, 1.165) is 6.92 Å². The van der Waals surface area contributed by atoms with Crippen molar-refractivity contribution in [2.45, 2.75) is 50.5 Å². The Morgan fingerprint density at radius 1 is 1.30 bits per heavy atom. The van der Waals surface area contributed by atoms with E-state index in [2.05, 4.69) is 5.92 Å². The Morgan fingerprint density at radius 3 is 2.52 bits per heavy atom. The van der Waals surface area contributed by atoms with Crippen LogP contribution >= 0.6 is 0 Å². The molecule has 0 aliphatic carbocycles. The number of terminal acetylenes is 1. The SMILES string of the molecule is C#CCCO[C@H]1O[C@H](CCS(=O)(=O)NC(C)=O)[C@@H](O)[C@H](O)[C@@H]1O. The maximum Gasteiger partial charge on any atom is 0.234 e. The molecule has 0 radical (unpaired) electrons. The standard InChI is InChI=1S/C13H21NO8S/c1-3-4-6-21-13-12(18)11(17)10(16)9(22-13)5-7-23(19,20)14-8(2)15/h1,9-13,16-18H,4-7H2,2H3,(H,14,15)/t9-,10-,11+,12+,13+/m1/s1. The lowest BCUT2D eigenvalue weighted by Gasteiger charge is -2.40. The van der Waals surface area contributed by atoms with Crippen LogP contribution in [0.1, 0.15) is 19.8 Å². The Labute approximate surface area is 134 Å². The summed E-state index contributed by atoms with van der Waals surface area (Å²) in [6, 6.07) is 0. The van der Waals surface area contributed by atoms with Gasteiger partial charge in [-0.1, -0.05) is 0 Å². The number of nitrogens with one attached hydrogen (secondary N) is 1. The van der Waals surface area contributed by atoms with Gasteiger partial charge in [0.05, 0.1) is 18.5 Å². The highest BCUT2D eigenvalue weighted by Crippen LogP contribution is 2.24. The molecule has 0 aromatic heterocycles. The van der Waals surface area contributed by atoms with Gasteiger partial charge in [0, 0.05) is 13.3 Å². The highest BCUT2D eigenvalue weighted by Gasteiger charge is 2.44. The number of ether oxygens (including phenoxy) is 2. The van der Waals surface area contributed by atoms with E-state index < -0.39 is 52.4 Å². The summed E-state index contributed by atoms with van der Waals surface area (Å²) >= 11 is 0. The molecule has 0 bridgehead atoms. The molecule has 4 N–H and O–H groups in total. The van der Waals surface area contributed by atoms with Crippen LogP contribution in [0.25, 0.3) is 0 Å². The van der Waals surface area contributed by atoms with Gasteiger partial charge in [-0.05, 0) is 6.42 Å². The van der Waals surface area contributed by atoms with Gasteiger partial charge in [0.2, 0.25) is 15.9 Å². The summed E-state index contributed by atoms with van der Waals surface area (Å²) < 4.78 is 35.4. The third-order valence-corrected chi connectivity index (χ3v) is 4.54. The summed E-state index contributed by atoms with van der Waals surface area (Å²) in [6.07, 6.45) is -1.76. The number of hydrogen-bond donors (Lipinski definition) is 4. The smallest absolute Gasteiger partial charge is 0.234 e. The fraction of sp³-hybridized carbons (Fsp3) is 0.769. The van der Waals surface area contributed by atoms with E-state index in [1.54, 1.807) is 4.72 Å². The van der Waals surface area contributed by atoms with Crippen molar-refractivity contribution in [2.24, 2.45) is 0 Å². The van der Waals surface area contributed by atoms with Gasteiger partial charge in [0.25, 0.3) is 0 Å². The van der Waals surface area contributed by atoms with E-state index in [1.807, 2.05) is 0 Å². The van der Waals surface area contributed by atoms with Crippen molar-refractivity contribution >= 4 is 15.9 Å². The molecule has 0 saturated carbocycles. The van der Waals surface area contributed by atoms with E-state index >= 15 is 0 Å². The van der Waals surface area contributed by atoms with Crippen molar-refractivity contribution in [3.05, 3.63) is 0 Å². The average molecular weight is 351 g/mol. The highest BCUT2D eigenvalue weighted by atomic mass is 32.2. The molecular formula is C13H21NO8S. The quantitative estimate of drug-likeness (QED) is 0.296. The Morgan fingerprint density at radius 2 is 1.96 bits per heavy atom. The summed E-state index contributed by atoms with van der Waals surface area (Å²) in [6.45, 7) is 1.12. The van der Waals surface area contributed by atoms with Crippen LogP contribution < -0.4 is 4.72 Å². The van der Waals surface area contributed by atoms with E-state index in [0.29, 0.717) is 0 Å². The molecule has 132 valence electrons. The monoisotopic (exact) mass is 351 g/mol. The molecule has 1 aliphatic rings. The number of aliphatic hydroxyl groups is 3. The Hall–Kier alpha value is -1.22. The first-order chi connectivity index (χ1) is 10.7. The van der Waals surface area contributed by atoms with Crippen molar-refractivity contribution < 1.29 is 38.0 Å². The van der Waals surface area contributed by atoms with Crippen LogP contribution in [-0.2, 0) is 24.3 Å². The van der Waals surface area contributed by atoms with E-state index in [4.69, 9.17) is 15.9 Å². The van der Waals surface area contributed by atoms with Crippen LogP contribution in [0.5, 0.6) is 0 Å². The lowest BCUT2D eigenvalue weighted by molar-refractivity contribution is -0.296. The second kappa shape index (κ2) is 8.58. The van der Waals surface area contributed by atoms with Crippen LogP contribution in [0.2, 0.25) is 0 Å². The fourth-order valence-corrected chi connectivity index (χ4v) is 3.15. The summed E-state index contributed by atoms with van der Waals surface area (Å²) in [5, 5.41) is 29.5. The largest absolute Gasteiger partial charge is 0.388 e. The zero-order valence-corrected chi connectivity index (χ0v) is 13.4. The first kappa shape index (κ1) is 19.8. The zero-order valence-electron chi connectivity index (χ0n) is 12.6. The summed E-state index contributed by atoms with van der Waals surface area (Å²) in [5.74, 6) is 1.08. The molecule has 1 heterocycles. The number of carbonyl (C=O) groups is 1. The average Bonchev–Trinajstić information content (AvgIpc) is 2.45. The van der Waals surface area contributed by atoms with E-state index in [9.17, 15) is 28.5 Å². The van der Waals surface area contributed by atoms with Crippen molar-refractivity contribution in [1.82, 2.24) is 4.72 Å². The molecule has 1 amide bonds. The van der Waals surface area contributed by atoms with Crippen LogP contribution in [0.4, 0.5) is 0 Å². The van der Waals surface area contributed by atoms with Gasteiger partial charge >= 0.3 is 0 Å². The van der Waals surface area contributed by atoms with Gasteiger partial charge in [-0.15, -0.1) is 12.3 Å². The Bertz CT molecular complexity index is 543. The number of rotatable bonds is 7. The van der Waals surface area contributed by atoms with Crippen molar-refractivity contribution in [3.8, 4) is 12.3 Å². The third-order valence-electron chi connectivity index (χ3n) is 3.17. The molecule has 5 atom stereocenters. The van der Waals surface area contributed by atoms with Crippen molar-refractivity contribution in [3.63, 3.8) is 0 Å². The number of sulfonamides is 1. The zero-order chi connectivity index (χ0) is 17.6. The van der Waals surface area contributed by atoms with E-state index in [1.165, 1.54) is 0 Å². The molecule has 1 rings (SSSR count). The lowest BCUT2D eigenvalue weighted by Crippen LogP contribution is -2.58. The number of aliphatic hydroxyl groups excluding tert-OH is 3. The Balaban J connectivity index is 2.66. The molecule has 10 heteroatoms. The maximum absolute atomic E-state index is 11.6. The second-order valence-electron chi connectivity index (χ2n) is 5.11. The van der Waals surface area contributed by atoms with Gasteiger partial charge in [0.1, 0.15) is 18.3 Å². The summed E-state index contributed by atoms with van der Waals surface area (Å²) in [5.41, 5.74) is 0. The minimum absolute atomic E-state index is 0.0674. The molecule has 1 fully saturated rings. The second-order valence-corrected chi connectivity index (χ2v) is 6.95. The van der Waals surface area contributed by atoms with Gasteiger partial charge < -0.3 is 24.8 Å². The molecule has 9 nitrogen and oxygen atoms in total. The molecule has 0 unspecified atom stereocenters. The first-order valence-electron chi connectivity index (χ1n) is 6.93.